The van der Waals surface area contributed by atoms with Gasteiger partial charge in [-0.05, 0) is 62.1 Å². The summed E-state index contributed by atoms with van der Waals surface area (Å²) in [6, 6.07) is 4.59. The van der Waals surface area contributed by atoms with E-state index >= 15 is 0 Å². The van der Waals surface area contributed by atoms with Gasteiger partial charge in [0.2, 0.25) is 10.0 Å². The molecular weight excluding hydrogens is 314 g/mol. The molecule has 2 aromatic rings. The summed E-state index contributed by atoms with van der Waals surface area (Å²) < 4.78 is 28.1. The Labute approximate surface area is 134 Å². The molecule has 2 aliphatic carbocycles. The number of rotatable bonds is 4. The quantitative estimate of drug-likeness (QED) is 0.797. The highest BCUT2D eigenvalue weighted by atomic mass is 32.2. The lowest BCUT2D eigenvalue weighted by Crippen LogP contribution is -2.40. The first-order valence-corrected chi connectivity index (χ1v) is 9.65. The Morgan fingerprint density at radius 2 is 1.96 bits per heavy atom. The van der Waals surface area contributed by atoms with Gasteiger partial charge in [-0.25, -0.2) is 17.9 Å². The van der Waals surface area contributed by atoms with E-state index in [0.29, 0.717) is 22.9 Å². The molecule has 1 aromatic carbocycles. The van der Waals surface area contributed by atoms with Crippen LogP contribution in [0.5, 0.6) is 0 Å². The fourth-order valence-electron chi connectivity index (χ4n) is 4.49. The van der Waals surface area contributed by atoms with Gasteiger partial charge in [0, 0.05) is 6.04 Å². The second-order valence-electron chi connectivity index (χ2n) is 7.04. The van der Waals surface area contributed by atoms with Crippen LogP contribution in [0.3, 0.4) is 0 Å². The van der Waals surface area contributed by atoms with Crippen molar-refractivity contribution in [3.05, 3.63) is 28.7 Å². The molecule has 2 saturated carbocycles. The maximum Gasteiger partial charge on any atom is 0.323 e. The number of benzene rings is 1. The lowest BCUT2D eigenvalue weighted by Gasteiger charge is -2.28. The summed E-state index contributed by atoms with van der Waals surface area (Å²) >= 11 is 0. The number of aromatic nitrogens is 2. The number of imidazole rings is 1. The Morgan fingerprint density at radius 3 is 2.65 bits per heavy atom. The van der Waals surface area contributed by atoms with Gasteiger partial charge in [0.05, 0.1) is 15.9 Å². The second-order valence-corrected chi connectivity index (χ2v) is 8.75. The van der Waals surface area contributed by atoms with E-state index in [1.807, 2.05) is 6.92 Å². The number of aromatic amines is 2. The molecule has 1 heterocycles. The number of hydrogen-bond donors (Lipinski definition) is 3. The van der Waals surface area contributed by atoms with Gasteiger partial charge >= 0.3 is 5.69 Å². The number of nitrogens with one attached hydrogen (secondary N) is 3. The third-order valence-electron chi connectivity index (χ3n) is 5.57. The largest absolute Gasteiger partial charge is 0.323 e. The monoisotopic (exact) mass is 335 g/mol. The molecular formula is C16H21N3O3S. The average molecular weight is 335 g/mol. The van der Waals surface area contributed by atoms with Gasteiger partial charge in [-0.3, -0.25) is 0 Å². The highest BCUT2D eigenvalue weighted by Crippen LogP contribution is 2.49. The maximum absolute atomic E-state index is 12.6. The van der Waals surface area contributed by atoms with Gasteiger partial charge in [0.15, 0.2) is 0 Å². The van der Waals surface area contributed by atoms with E-state index < -0.39 is 10.0 Å². The first kappa shape index (κ1) is 15.0. The van der Waals surface area contributed by atoms with Crippen LogP contribution in [-0.2, 0) is 10.0 Å². The Kier molecular flexibility index (Phi) is 3.39. The summed E-state index contributed by atoms with van der Waals surface area (Å²) in [7, 11) is -3.58. The number of H-pyrrole nitrogens is 2. The number of fused-ring (bicyclic) bond motifs is 3. The molecule has 3 N–H and O–H groups in total. The van der Waals surface area contributed by atoms with Gasteiger partial charge in [-0.1, -0.05) is 6.42 Å². The van der Waals surface area contributed by atoms with Crippen molar-refractivity contribution < 1.29 is 8.42 Å². The summed E-state index contributed by atoms with van der Waals surface area (Å²) in [5.41, 5.74) is 0.776. The minimum Gasteiger partial charge on any atom is -0.306 e. The predicted molar refractivity (Wildman–Crippen MR) is 87.6 cm³/mol. The van der Waals surface area contributed by atoms with Gasteiger partial charge in [-0.2, -0.15) is 0 Å². The molecule has 0 amide bonds. The molecule has 0 saturated heterocycles. The molecule has 2 fully saturated rings. The van der Waals surface area contributed by atoms with Crippen molar-refractivity contribution in [2.75, 3.05) is 0 Å². The summed E-state index contributed by atoms with van der Waals surface area (Å²) in [6.45, 7) is 1.97. The Morgan fingerprint density at radius 1 is 1.17 bits per heavy atom. The van der Waals surface area contributed by atoms with Gasteiger partial charge in [0.25, 0.3) is 0 Å². The lowest BCUT2D eigenvalue weighted by atomic mass is 9.84. The minimum absolute atomic E-state index is 0.0590. The van der Waals surface area contributed by atoms with Gasteiger partial charge in [0.1, 0.15) is 0 Å². The van der Waals surface area contributed by atoms with E-state index in [9.17, 15) is 13.2 Å². The van der Waals surface area contributed by atoms with Gasteiger partial charge in [-0.15, -0.1) is 0 Å². The molecule has 23 heavy (non-hydrogen) atoms. The SMILES string of the molecule is C[C@@H](NS(=O)(=O)c1ccc2[nH]c(=O)[nH]c2c1)[C@@H]1C[C@@H]2CC[C@@H]1C2. The Bertz CT molecular complexity index is 899. The number of sulfonamides is 1. The van der Waals surface area contributed by atoms with Crippen molar-refractivity contribution in [2.24, 2.45) is 17.8 Å². The fraction of sp³-hybridized carbons (Fsp3) is 0.562. The normalized spacial score (nSPS) is 28.5. The van der Waals surface area contributed by atoms with Crippen LogP contribution in [0.1, 0.15) is 32.6 Å². The minimum atomic E-state index is -3.58. The molecule has 124 valence electrons. The summed E-state index contributed by atoms with van der Waals surface area (Å²) in [6.07, 6.45) is 4.93. The van der Waals surface area contributed by atoms with Crippen LogP contribution < -0.4 is 10.4 Å². The van der Waals surface area contributed by atoms with E-state index in [0.717, 1.165) is 12.3 Å². The Balaban J connectivity index is 1.57. The first-order chi connectivity index (χ1) is 10.9. The van der Waals surface area contributed by atoms with Crippen LogP contribution in [-0.4, -0.2) is 24.4 Å². The van der Waals surface area contributed by atoms with Crippen LogP contribution in [0.4, 0.5) is 0 Å². The third-order valence-corrected chi connectivity index (χ3v) is 7.13. The first-order valence-electron chi connectivity index (χ1n) is 8.17. The lowest BCUT2D eigenvalue weighted by molar-refractivity contribution is 0.280. The van der Waals surface area contributed by atoms with Crippen LogP contribution in [0.25, 0.3) is 11.0 Å². The van der Waals surface area contributed by atoms with Crippen molar-refractivity contribution in [3.63, 3.8) is 0 Å². The van der Waals surface area contributed by atoms with Crippen molar-refractivity contribution >= 4 is 21.1 Å². The highest BCUT2D eigenvalue weighted by molar-refractivity contribution is 7.89. The molecule has 6 nitrogen and oxygen atoms in total. The maximum atomic E-state index is 12.6. The van der Waals surface area contributed by atoms with Crippen LogP contribution in [0, 0.1) is 17.8 Å². The summed E-state index contributed by atoms with van der Waals surface area (Å²) in [5, 5.41) is 0. The summed E-state index contributed by atoms with van der Waals surface area (Å²) in [5.74, 6) is 1.90. The zero-order chi connectivity index (χ0) is 16.2. The zero-order valence-electron chi connectivity index (χ0n) is 13.0. The standard InChI is InChI=1S/C16H21N3O3S/c1-9(13-7-10-2-3-11(13)6-10)19-23(21,22)12-4-5-14-15(8-12)18-16(20)17-14/h4-5,8-11,13,19H,2-3,6-7H2,1H3,(H2,17,18,20)/t9-,10-,11-,13+/m1/s1. The molecule has 0 radical (unpaired) electrons. The fourth-order valence-corrected chi connectivity index (χ4v) is 5.81. The summed E-state index contributed by atoms with van der Waals surface area (Å²) in [4.78, 5) is 16.7. The Hall–Kier alpha value is -1.60. The van der Waals surface area contributed by atoms with Crippen LogP contribution in [0.2, 0.25) is 0 Å². The van der Waals surface area contributed by atoms with Gasteiger partial charge < -0.3 is 9.97 Å². The zero-order valence-corrected chi connectivity index (χ0v) is 13.8. The van der Waals surface area contributed by atoms with Crippen LogP contribution in [0.15, 0.2) is 27.9 Å². The molecule has 4 rings (SSSR count). The van der Waals surface area contributed by atoms with E-state index in [-0.39, 0.29) is 16.6 Å². The molecule has 0 spiro atoms. The van der Waals surface area contributed by atoms with Crippen molar-refractivity contribution in [1.82, 2.24) is 14.7 Å². The molecule has 2 aliphatic rings. The average Bonchev–Trinajstić information content (AvgIpc) is 3.19. The van der Waals surface area contributed by atoms with Crippen molar-refractivity contribution in [2.45, 2.75) is 43.5 Å². The molecule has 7 heteroatoms. The predicted octanol–water partition coefficient (Wildman–Crippen LogP) is 1.96. The number of hydrogen-bond acceptors (Lipinski definition) is 3. The molecule has 2 bridgehead atoms. The van der Waals surface area contributed by atoms with Crippen molar-refractivity contribution in [1.29, 1.82) is 0 Å². The van der Waals surface area contributed by atoms with E-state index in [4.69, 9.17) is 0 Å². The highest BCUT2D eigenvalue weighted by Gasteiger charge is 2.42. The van der Waals surface area contributed by atoms with E-state index in [1.165, 1.54) is 31.4 Å². The second kappa shape index (κ2) is 5.21. The molecule has 0 unspecified atom stereocenters. The van der Waals surface area contributed by atoms with E-state index in [2.05, 4.69) is 14.7 Å². The molecule has 4 atom stereocenters. The van der Waals surface area contributed by atoms with Crippen molar-refractivity contribution in [3.8, 4) is 0 Å². The third kappa shape index (κ3) is 2.61. The van der Waals surface area contributed by atoms with Crippen LogP contribution >= 0.6 is 0 Å². The molecule has 1 aromatic heterocycles. The smallest absolute Gasteiger partial charge is 0.306 e. The molecule has 0 aliphatic heterocycles. The topological polar surface area (TPSA) is 94.8 Å². The van der Waals surface area contributed by atoms with E-state index in [1.54, 1.807) is 6.07 Å².